The first-order valence-corrected chi connectivity index (χ1v) is 10.3. The lowest BCUT2D eigenvalue weighted by molar-refractivity contribution is 0.174. The maximum absolute atomic E-state index is 5.52. The van der Waals surface area contributed by atoms with E-state index in [1.165, 1.54) is 0 Å². The van der Waals surface area contributed by atoms with E-state index in [2.05, 4.69) is 33.5 Å². The Morgan fingerprint density at radius 1 is 0.875 bits per heavy atom. The van der Waals surface area contributed by atoms with E-state index in [-0.39, 0.29) is 6.79 Å². The number of methoxy groups -OCH3 is 2. The molecule has 5 rings (SSSR count). The van der Waals surface area contributed by atoms with E-state index in [0.717, 1.165) is 44.9 Å². The standard InChI is InChI=1S/C25H23N3O4/c1-15-27-20-12-23(30-3)22(29-2)11-19(20)25(28-15)26-13-16-5-4-6-17(9-16)18-7-8-21-24(10-18)32-14-31-21/h4-12H,13-14H2,1-3H3,(H,26,27,28). The Bertz CT molecular complexity index is 1310. The van der Waals surface area contributed by atoms with Crippen LogP contribution in [-0.2, 0) is 6.54 Å². The molecule has 0 saturated carbocycles. The summed E-state index contributed by atoms with van der Waals surface area (Å²) in [5, 5.41) is 4.34. The molecule has 0 radical (unpaired) electrons. The number of ether oxygens (including phenoxy) is 4. The van der Waals surface area contributed by atoms with Gasteiger partial charge in [-0.15, -0.1) is 0 Å². The van der Waals surface area contributed by atoms with E-state index >= 15 is 0 Å². The minimum Gasteiger partial charge on any atom is -0.493 e. The largest absolute Gasteiger partial charge is 0.493 e. The molecule has 7 heteroatoms. The van der Waals surface area contributed by atoms with Crippen LogP contribution in [0.1, 0.15) is 11.4 Å². The summed E-state index contributed by atoms with van der Waals surface area (Å²) >= 11 is 0. The second-order valence-electron chi connectivity index (χ2n) is 7.47. The van der Waals surface area contributed by atoms with Crippen molar-refractivity contribution in [1.82, 2.24) is 9.97 Å². The SMILES string of the molecule is COc1cc2nc(C)nc(NCc3cccc(-c4ccc5c(c4)OCO5)c3)c2cc1OC. The van der Waals surface area contributed by atoms with Gasteiger partial charge in [-0.3, -0.25) is 0 Å². The van der Waals surface area contributed by atoms with Gasteiger partial charge in [0.2, 0.25) is 6.79 Å². The number of aromatic nitrogens is 2. The molecule has 0 fully saturated rings. The topological polar surface area (TPSA) is 74.7 Å². The zero-order chi connectivity index (χ0) is 22.1. The van der Waals surface area contributed by atoms with Gasteiger partial charge in [0.1, 0.15) is 11.6 Å². The van der Waals surface area contributed by atoms with E-state index in [4.69, 9.17) is 18.9 Å². The van der Waals surface area contributed by atoms with Crippen LogP contribution in [0.25, 0.3) is 22.0 Å². The summed E-state index contributed by atoms with van der Waals surface area (Å²) < 4.78 is 21.8. The average Bonchev–Trinajstić information content (AvgIpc) is 3.29. The fourth-order valence-electron chi connectivity index (χ4n) is 3.83. The highest BCUT2D eigenvalue weighted by Gasteiger charge is 2.15. The summed E-state index contributed by atoms with van der Waals surface area (Å²) in [7, 11) is 3.23. The molecule has 1 aliphatic heterocycles. The van der Waals surface area contributed by atoms with E-state index in [0.29, 0.717) is 23.9 Å². The molecular formula is C25H23N3O4. The van der Waals surface area contributed by atoms with Crippen LogP contribution in [0.3, 0.4) is 0 Å². The number of benzene rings is 3. The fraction of sp³-hybridized carbons (Fsp3) is 0.200. The third kappa shape index (κ3) is 3.73. The first kappa shape index (κ1) is 19.9. The Morgan fingerprint density at radius 2 is 1.66 bits per heavy atom. The highest BCUT2D eigenvalue weighted by molar-refractivity contribution is 5.91. The maximum Gasteiger partial charge on any atom is 0.231 e. The molecule has 0 unspecified atom stereocenters. The number of nitrogens with one attached hydrogen (secondary N) is 1. The molecule has 32 heavy (non-hydrogen) atoms. The summed E-state index contributed by atoms with van der Waals surface area (Å²) in [5.74, 6) is 4.27. The van der Waals surface area contributed by atoms with Crippen molar-refractivity contribution in [2.75, 3.05) is 26.3 Å². The molecule has 1 aromatic heterocycles. The molecule has 0 atom stereocenters. The van der Waals surface area contributed by atoms with Crippen LogP contribution in [-0.4, -0.2) is 31.0 Å². The van der Waals surface area contributed by atoms with Gasteiger partial charge in [0.05, 0.1) is 19.7 Å². The first-order valence-electron chi connectivity index (χ1n) is 10.3. The third-order valence-corrected chi connectivity index (χ3v) is 5.41. The lowest BCUT2D eigenvalue weighted by Crippen LogP contribution is -2.05. The molecule has 3 aromatic carbocycles. The first-order chi connectivity index (χ1) is 15.6. The summed E-state index contributed by atoms with van der Waals surface area (Å²) in [4.78, 5) is 9.17. The number of hydrogen-bond acceptors (Lipinski definition) is 7. The van der Waals surface area contributed by atoms with Crippen LogP contribution >= 0.6 is 0 Å². The molecule has 0 saturated heterocycles. The van der Waals surface area contributed by atoms with Gasteiger partial charge >= 0.3 is 0 Å². The number of nitrogens with zero attached hydrogens (tertiary/aromatic N) is 2. The van der Waals surface area contributed by atoms with Crippen molar-refractivity contribution in [3.63, 3.8) is 0 Å². The van der Waals surface area contributed by atoms with Crippen molar-refractivity contribution < 1.29 is 18.9 Å². The third-order valence-electron chi connectivity index (χ3n) is 5.41. The van der Waals surface area contributed by atoms with Crippen LogP contribution < -0.4 is 24.3 Å². The molecule has 2 heterocycles. The van der Waals surface area contributed by atoms with Crippen LogP contribution in [0.2, 0.25) is 0 Å². The molecule has 7 nitrogen and oxygen atoms in total. The molecule has 0 aliphatic carbocycles. The summed E-state index contributed by atoms with van der Waals surface area (Å²) in [6.07, 6.45) is 0. The van der Waals surface area contributed by atoms with Crippen molar-refractivity contribution >= 4 is 16.7 Å². The molecular weight excluding hydrogens is 406 g/mol. The molecule has 4 aromatic rings. The number of hydrogen-bond donors (Lipinski definition) is 1. The highest BCUT2D eigenvalue weighted by atomic mass is 16.7. The van der Waals surface area contributed by atoms with E-state index in [9.17, 15) is 0 Å². The van der Waals surface area contributed by atoms with Crippen LogP contribution in [0, 0.1) is 6.92 Å². The summed E-state index contributed by atoms with van der Waals surface area (Å²) in [6, 6.07) is 18.1. The molecule has 0 spiro atoms. The van der Waals surface area contributed by atoms with E-state index in [1.807, 2.05) is 43.3 Å². The Labute approximate surface area is 185 Å². The second-order valence-corrected chi connectivity index (χ2v) is 7.47. The Hall–Kier alpha value is -4.00. The van der Waals surface area contributed by atoms with Gasteiger partial charge in [-0.1, -0.05) is 24.3 Å². The van der Waals surface area contributed by atoms with Crippen LogP contribution in [0.5, 0.6) is 23.0 Å². The van der Waals surface area contributed by atoms with Gasteiger partial charge in [0, 0.05) is 18.0 Å². The maximum atomic E-state index is 5.52. The van der Waals surface area contributed by atoms with E-state index < -0.39 is 0 Å². The van der Waals surface area contributed by atoms with Gasteiger partial charge in [0.25, 0.3) is 0 Å². The summed E-state index contributed by atoms with van der Waals surface area (Å²) in [5.41, 5.74) is 4.12. The molecule has 0 amide bonds. The molecule has 1 N–H and O–H groups in total. The van der Waals surface area contributed by atoms with Crippen molar-refractivity contribution in [3.8, 4) is 34.1 Å². The lowest BCUT2D eigenvalue weighted by Gasteiger charge is -2.13. The molecule has 0 bridgehead atoms. The smallest absolute Gasteiger partial charge is 0.231 e. The molecule has 1 aliphatic rings. The van der Waals surface area contributed by atoms with Crippen molar-refractivity contribution in [2.24, 2.45) is 0 Å². The van der Waals surface area contributed by atoms with Crippen LogP contribution in [0.15, 0.2) is 54.6 Å². The minimum atomic E-state index is 0.270. The second kappa shape index (κ2) is 8.26. The van der Waals surface area contributed by atoms with Crippen LogP contribution in [0.4, 0.5) is 5.82 Å². The predicted molar refractivity (Wildman–Crippen MR) is 123 cm³/mol. The molecule has 162 valence electrons. The monoisotopic (exact) mass is 429 g/mol. The van der Waals surface area contributed by atoms with Crippen molar-refractivity contribution in [2.45, 2.75) is 13.5 Å². The lowest BCUT2D eigenvalue weighted by atomic mass is 10.0. The zero-order valence-corrected chi connectivity index (χ0v) is 18.1. The Balaban J connectivity index is 1.43. The zero-order valence-electron chi connectivity index (χ0n) is 18.1. The van der Waals surface area contributed by atoms with Gasteiger partial charge in [-0.2, -0.15) is 0 Å². The van der Waals surface area contributed by atoms with Crippen molar-refractivity contribution in [1.29, 1.82) is 0 Å². The predicted octanol–water partition coefficient (Wildman–Crippen LogP) is 4.96. The van der Waals surface area contributed by atoms with Crippen molar-refractivity contribution in [3.05, 3.63) is 66.0 Å². The number of anilines is 1. The van der Waals surface area contributed by atoms with E-state index in [1.54, 1.807) is 14.2 Å². The van der Waals surface area contributed by atoms with Gasteiger partial charge in [-0.05, 0) is 47.9 Å². The van der Waals surface area contributed by atoms with Gasteiger partial charge in [-0.25, -0.2) is 9.97 Å². The van der Waals surface area contributed by atoms with Gasteiger partial charge in [0.15, 0.2) is 23.0 Å². The highest BCUT2D eigenvalue weighted by Crippen LogP contribution is 2.36. The minimum absolute atomic E-state index is 0.270. The number of aryl methyl sites for hydroxylation is 1. The average molecular weight is 429 g/mol. The number of fused-ring (bicyclic) bond motifs is 2. The van der Waals surface area contributed by atoms with Gasteiger partial charge < -0.3 is 24.3 Å². The quantitative estimate of drug-likeness (QED) is 0.464. The summed E-state index contributed by atoms with van der Waals surface area (Å²) in [6.45, 7) is 2.76. The fourth-order valence-corrected chi connectivity index (χ4v) is 3.83. The number of rotatable bonds is 6. The Kier molecular flexibility index (Phi) is 5.15. The Morgan fingerprint density at radius 3 is 2.50 bits per heavy atom. The normalized spacial score (nSPS) is 12.1.